The number of rotatable bonds is 6. The summed E-state index contributed by atoms with van der Waals surface area (Å²) in [6, 6.07) is 6.84. The van der Waals surface area contributed by atoms with Crippen LogP contribution in [0.4, 0.5) is 0 Å². The maximum atomic E-state index is 14.4. The van der Waals surface area contributed by atoms with E-state index in [1.807, 2.05) is 49.4 Å². The summed E-state index contributed by atoms with van der Waals surface area (Å²) in [5.41, 5.74) is -0.711. The van der Waals surface area contributed by atoms with Crippen molar-refractivity contribution in [3.8, 4) is 0 Å². The second-order valence-corrected chi connectivity index (χ2v) is 12.8. The van der Waals surface area contributed by atoms with Crippen LogP contribution in [0.3, 0.4) is 0 Å². The van der Waals surface area contributed by atoms with Gasteiger partial charge in [0.05, 0.1) is 24.6 Å². The van der Waals surface area contributed by atoms with Crippen molar-refractivity contribution in [3.05, 3.63) is 58.6 Å². The predicted octanol–water partition coefficient (Wildman–Crippen LogP) is 3.01. The minimum atomic E-state index is -1.41. The molecular weight excluding hydrogens is 618 g/mol. The molecule has 232 valence electrons. The van der Waals surface area contributed by atoms with Gasteiger partial charge in [-0.25, -0.2) is 0 Å². The Kier molecular flexibility index (Phi) is 9.43. The van der Waals surface area contributed by atoms with Crippen LogP contribution in [0.2, 0.25) is 0 Å². The van der Waals surface area contributed by atoms with Gasteiger partial charge in [-0.1, -0.05) is 71.8 Å². The second-order valence-electron chi connectivity index (χ2n) is 11.9. The molecule has 0 radical (unpaired) electrons. The van der Waals surface area contributed by atoms with Crippen molar-refractivity contribution in [2.24, 2.45) is 11.8 Å². The summed E-state index contributed by atoms with van der Waals surface area (Å²) < 4.78 is 13.3. The Labute approximate surface area is 260 Å². The average molecular weight is 659 g/mol. The molecule has 11 heteroatoms. The smallest absolute Gasteiger partial charge is 0.313 e. The summed E-state index contributed by atoms with van der Waals surface area (Å²) in [7, 11) is 0. The van der Waals surface area contributed by atoms with Crippen molar-refractivity contribution in [3.63, 3.8) is 0 Å². The summed E-state index contributed by atoms with van der Waals surface area (Å²) in [5.74, 6) is -3.62. The molecule has 4 aliphatic rings. The number of carbonyl (C=O) groups excluding carboxylic acids is 4. The van der Waals surface area contributed by atoms with Crippen LogP contribution in [0.15, 0.2) is 53.0 Å². The van der Waals surface area contributed by atoms with Crippen LogP contribution in [-0.2, 0) is 28.7 Å². The zero-order valence-electron chi connectivity index (χ0n) is 24.8. The van der Waals surface area contributed by atoms with Gasteiger partial charge in [0.15, 0.2) is 0 Å². The molecule has 0 unspecified atom stereocenters. The van der Waals surface area contributed by atoms with Crippen LogP contribution in [0.1, 0.15) is 58.1 Å². The SMILES string of the molecule is CCCCN1C/C=C\CCC(=O)N[C@H](C)[C@@H](c2ccccc2)OC(=O)[C@@H]2[C@H]3O[C@@]4(C=C3Br)[C@H](C1=O)N([C@H](C)CO)C(=O)[C@@H]24. The molecule has 1 aromatic rings. The third kappa shape index (κ3) is 5.67. The Morgan fingerprint density at radius 3 is 2.56 bits per heavy atom. The molecule has 2 N–H and O–H groups in total. The number of fused-ring (bicyclic) bond motifs is 2. The van der Waals surface area contributed by atoms with Gasteiger partial charge in [0, 0.05) is 24.0 Å². The summed E-state index contributed by atoms with van der Waals surface area (Å²) >= 11 is 3.56. The van der Waals surface area contributed by atoms with Gasteiger partial charge in [-0.15, -0.1) is 0 Å². The van der Waals surface area contributed by atoms with Crippen LogP contribution in [0, 0.1) is 11.8 Å². The lowest BCUT2D eigenvalue weighted by Gasteiger charge is -2.37. The number of amides is 3. The van der Waals surface area contributed by atoms with Gasteiger partial charge in [-0.2, -0.15) is 0 Å². The van der Waals surface area contributed by atoms with Crippen molar-refractivity contribution in [2.45, 2.75) is 82.4 Å². The topological polar surface area (TPSA) is 125 Å². The number of likely N-dealkylation sites (tertiary alicyclic amines) is 1. The number of nitrogens with one attached hydrogen (secondary N) is 1. The van der Waals surface area contributed by atoms with Gasteiger partial charge in [0.25, 0.3) is 0 Å². The number of allylic oxidation sites excluding steroid dienone is 1. The minimum absolute atomic E-state index is 0.187. The van der Waals surface area contributed by atoms with E-state index in [2.05, 4.69) is 21.2 Å². The molecule has 0 aliphatic carbocycles. The molecule has 0 saturated carbocycles. The monoisotopic (exact) mass is 657 g/mol. The van der Waals surface area contributed by atoms with Crippen molar-refractivity contribution in [1.29, 1.82) is 0 Å². The minimum Gasteiger partial charge on any atom is -0.455 e. The Morgan fingerprint density at radius 1 is 1.12 bits per heavy atom. The highest BCUT2D eigenvalue weighted by Crippen LogP contribution is 2.59. The number of benzene rings is 1. The van der Waals surface area contributed by atoms with E-state index in [0.717, 1.165) is 12.8 Å². The predicted molar refractivity (Wildman–Crippen MR) is 162 cm³/mol. The van der Waals surface area contributed by atoms with Crippen molar-refractivity contribution in [2.75, 3.05) is 19.7 Å². The number of hydrogen-bond acceptors (Lipinski definition) is 7. The molecule has 3 amide bonds. The van der Waals surface area contributed by atoms with Gasteiger partial charge >= 0.3 is 5.97 Å². The normalized spacial score (nSPS) is 34.5. The molecule has 43 heavy (non-hydrogen) atoms. The molecule has 0 aromatic heterocycles. The van der Waals surface area contributed by atoms with Crippen LogP contribution < -0.4 is 5.32 Å². The molecule has 2 fully saturated rings. The number of unbranched alkanes of at least 4 members (excludes halogenated alkanes) is 1. The number of ether oxygens (including phenoxy) is 2. The summed E-state index contributed by atoms with van der Waals surface area (Å²) in [6.45, 7) is 5.90. The zero-order chi connectivity index (χ0) is 30.9. The molecule has 1 spiro atoms. The van der Waals surface area contributed by atoms with Crippen molar-refractivity contribution >= 4 is 39.6 Å². The zero-order valence-corrected chi connectivity index (χ0v) is 26.4. The fraction of sp³-hybridized carbons (Fsp3) is 0.562. The number of hydrogen-bond donors (Lipinski definition) is 2. The Bertz CT molecular complexity index is 1300. The van der Waals surface area contributed by atoms with Crippen molar-refractivity contribution < 1.29 is 33.8 Å². The Hall–Kier alpha value is -3.02. The molecule has 4 heterocycles. The van der Waals surface area contributed by atoms with Gasteiger partial charge in [0.2, 0.25) is 17.7 Å². The number of cyclic esters (lactones) is 1. The van der Waals surface area contributed by atoms with E-state index in [1.165, 1.54) is 4.90 Å². The first kappa shape index (κ1) is 31.4. The Balaban J connectivity index is 1.61. The molecule has 10 nitrogen and oxygen atoms in total. The quantitative estimate of drug-likeness (QED) is 0.356. The number of nitrogens with zero attached hydrogens (tertiary/aromatic N) is 2. The highest BCUT2D eigenvalue weighted by molar-refractivity contribution is 9.11. The number of aliphatic hydroxyl groups excluding tert-OH is 1. The van der Waals surface area contributed by atoms with E-state index in [-0.39, 0.29) is 24.8 Å². The van der Waals surface area contributed by atoms with E-state index in [4.69, 9.17) is 9.47 Å². The van der Waals surface area contributed by atoms with Crippen LogP contribution in [0.5, 0.6) is 0 Å². The van der Waals surface area contributed by atoms with Crippen LogP contribution in [-0.4, -0.2) is 88.1 Å². The standard InChI is InChI=1S/C32H40BrN3O7/c1-4-5-15-35-16-11-7-10-14-23(38)34-20(3)26(21-12-8-6-9-13-21)42-31(41)24-25-29(39)36(19(2)18-37)28(30(35)40)32(25)17-22(33)27(24)43-32/h6-9,11-13,17,19-20,24-28,37H,4-5,10,14-16,18H2,1-3H3,(H,34,38)/b11-7-/t19-,20-,24+,25-,26+,27+,28+,32-/m1/s1. The highest BCUT2D eigenvalue weighted by Gasteiger charge is 2.75. The van der Waals surface area contributed by atoms with E-state index < -0.39 is 59.6 Å². The fourth-order valence-electron chi connectivity index (χ4n) is 6.82. The molecule has 8 atom stereocenters. The molecule has 5 bridgehead atoms. The lowest BCUT2D eigenvalue weighted by Crippen LogP contribution is -2.58. The average Bonchev–Trinajstić information content (AvgIpc) is 3.59. The summed E-state index contributed by atoms with van der Waals surface area (Å²) in [4.78, 5) is 58.8. The van der Waals surface area contributed by atoms with Crippen molar-refractivity contribution in [1.82, 2.24) is 15.1 Å². The first-order valence-corrected chi connectivity index (χ1v) is 15.9. The van der Waals surface area contributed by atoms with E-state index in [1.54, 1.807) is 24.8 Å². The Morgan fingerprint density at radius 2 is 1.86 bits per heavy atom. The number of aliphatic hydroxyl groups is 1. The molecule has 1 aromatic carbocycles. The van der Waals surface area contributed by atoms with Crippen LogP contribution >= 0.6 is 15.9 Å². The highest BCUT2D eigenvalue weighted by atomic mass is 79.9. The molecule has 2 saturated heterocycles. The maximum absolute atomic E-state index is 14.4. The third-order valence-electron chi connectivity index (χ3n) is 8.95. The van der Waals surface area contributed by atoms with E-state index in [9.17, 15) is 24.3 Å². The number of halogens is 1. The second kappa shape index (κ2) is 12.9. The number of esters is 1. The summed E-state index contributed by atoms with van der Waals surface area (Å²) in [6.07, 6.45) is 6.19. The lowest BCUT2D eigenvalue weighted by atomic mass is 9.74. The fourth-order valence-corrected chi connectivity index (χ4v) is 7.56. The largest absolute Gasteiger partial charge is 0.455 e. The van der Waals surface area contributed by atoms with Gasteiger partial charge in [-0.05, 0) is 38.3 Å². The molecular formula is C32H40BrN3O7. The lowest BCUT2D eigenvalue weighted by molar-refractivity contribution is -0.162. The molecule has 4 aliphatic heterocycles. The first-order chi connectivity index (χ1) is 20.6. The first-order valence-electron chi connectivity index (χ1n) is 15.1. The van der Waals surface area contributed by atoms with Gasteiger partial charge < -0.3 is 29.7 Å². The van der Waals surface area contributed by atoms with Gasteiger partial charge in [-0.3, -0.25) is 19.2 Å². The summed E-state index contributed by atoms with van der Waals surface area (Å²) in [5, 5.41) is 13.1. The maximum Gasteiger partial charge on any atom is 0.313 e. The number of carbonyl (C=O) groups is 4. The van der Waals surface area contributed by atoms with E-state index >= 15 is 0 Å². The van der Waals surface area contributed by atoms with Gasteiger partial charge in [0.1, 0.15) is 29.8 Å². The van der Waals surface area contributed by atoms with E-state index in [0.29, 0.717) is 29.6 Å². The third-order valence-corrected chi connectivity index (χ3v) is 9.63. The van der Waals surface area contributed by atoms with Crippen LogP contribution in [0.25, 0.3) is 0 Å². The molecule has 5 rings (SSSR count).